The quantitative estimate of drug-likeness (QED) is 0.367. The number of carbonyl (C=O) groups is 3. The highest BCUT2D eigenvalue weighted by Gasteiger charge is 2.54. The summed E-state index contributed by atoms with van der Waals surface area (Å²) in [5.41, 5.74) is -0.363. The molecule has 0 radical (unpaired) electrons. The molecule has 9 nitrogen and oxygen atoms in total. The zero-order chi connectivity index (χ0) is 22.6. The Morgan fingerprint density at radius 2 is 1.87 bits per heavy atom. The number of benzene rings is 1. The van der Waals surface area contributed by atoms with E-state index in [1.807, 2.05) is 38.1 Å². The average Bonchev–Trinajstić information content (AvgIpc) is 3.56. The molecule has 4 atom stereocenters. The zero-order valence-corrected chi connectivity index (χ0v) is 17.8. The number of hydrogen-bond donors (Lipinski definition) is 4. The van der Waals surface area contributed by atoms with E-state index >= 15 is 0 Å². The summed E-state index contributed by atoms with van der Waals surface area (Å²) in [4.78, 5) is 38.2. The van der Waals surface area contributed by atoms with E-state index in [1.165, 1.54) is 0 Å². The Balaban J connectivity index is 1.62. The largest absolute Gasteiger partial charge is 0.492 e. The third kappa shape index (κ3) is 5.41. The first-order valence-electron chi connectivity index (χ1n) is 10.5. The number of aliphatic hydroxyl groups is 2. The van der Waals surface area contributed by atoms with Crippen LogP contribution >= 0.6 is 0 Å². The number of carbonyl (C=O) groups excluding carboxylic acids is 3. The number of ether oxygens (including phenoxy) is 2. The van der Waals surface area contributed by atoms with Gasteiger partial charge in [0.15, 0.2) is 11.4 Å². The first-order chi connectivity index (χ1) is 14.8. The molecule has 0 bridgehead atoms. The standard InChI is InChI=1S/C22H30N2O7/c1-13(2)7-16(19(27)22(11-26)12-31-22)23-21(29)17(9-25)24-20(28)15-8-14-5-3-4-6-18(14)30-10-15/h3-6,13,15-17,25-26H,7-12H2,1-2H3,(H,23,29)(H,24,28)/t15-,16?,17+,22?/m1/s1. The van der Waals surface area contributed by atoms with Gasteiger partial charge in [-0.15, -0.1) is 0 Å². The van der Waals surface area contributed by atoms with Gasteiger partial charge in [-0.2, -0.15) is 0 Å². The van der Waals surface area contributed by atoms with Gasteiger partial charge in [0, 0.05) is 0 Å². The van der Waals surface area contributed by atoms with Crippen LogP contribution in [0.25, 0.3) is 0 Å². The highest BCUT2D eigenvalue weighted by atomic mass is 16.6. The van der Waals surface area contributed by atoms with E-state index < -0.39 is 54.4 Å². The van der Waals surface area contributed by atoms with Crippen molar-refractivity contribution in [2.75, 3.05) is 26.4 Å². The number of epoxide rings is 1. The number of amides is 2. The lowest BCUT2D eigenvalue weighted by Gasteiger charge is -2.27. The molecular formula is C22H30N2O7. The van der Waals surface area contributed by atoms with Gasteiger partial charge in [0.1, 0.15) is 18.4 Å². The summed E-state index contributed by atoms with van der Waals surface area (Å²) < 4.78 is 10.8. The molecule has 9 heteroatoms. The van der Waals surface area contributed by atoms with E-state index in [2.05, 4.69) is 10.6 Å². The maximum Gasteiger partial charge on any atom is 0.245 e. The summed E-state index contributed by atoms with van der Waals surface area (Å²) in [6.07, 6.45) is 0.807. The zero-order valence-electron chi connectivity index (χ0n) is 17.8. The molecule has 2 aliphatic heterocycles. The highest BCUT2D eigenvalue weighted by molar-refractivity contribution is 5.98. The number of fused-ring (bicyclic) bond motifs is 1. The van der Waals surface area contributed by atoms with E-state index in [0.717, 1.165) is 11.3 Å². The number of hydrogen-bond acceptors (Lipinski definition) is 7. The minimum atomic E-state index is -1.27. The maximum absolute atomic E-state index is 12.8. The summed E-state index contributed by atoms with van der Waals surface area (Å²) in [5, 5.41) is 24.3. The lowest BCUT2D eigenvalue weighted by Crippen LogP contribution is -2.56. The van der Waals surface area contributed by atoms with E-state index in [1.54, 1.807) is 0 Å². The molecule has 2 aliphatic rings. The van der Waals surface area contributed by atoms with Crippen molar-refractivity contribution in [1.82, 2.24) is 10.6 Å². The predicted molar refractivity (Wildman–Crippen MR) is 110 cm³/mol. The van der Waals surface area contributed by atoms with Crippen molar-refractivity contribution in [3.63, 3.8) is 0 Å². The van der Waals surface area contributed by atoms with E-state index in [4.69, 9.17) is 9.47 Å². The van der Waals surface area contributed by atoms with Crippen molar-refractivity contribution in [3.8, 4) is 5.75 Å². The summed E-state index contributed by atoms with van der Waals surface area (Å²) in [6, 6.07) is 5.33. The number of para-hydroxylation sites is 1. The molecule has 0 saturated carbocycles. The van der Waals surface area contributed by atoms with Crippen LogP contribution in [0.5, 0.6) is 5.75 Å². The van der Waals surface area contributed by atoms with Crippen LogP contribution < -0.4 is 15.4 Å². The van der Waals surface area contributed by atoms with Crippen LogP contribution in [0.15, 0.2) is 24.3 Å². The SMILES string of the molecule is CC(C)CC(NC(=O)[C@H](CO)NC(=O)[C@H]1COc2ccccc2C1)C(=O)C1(CO)CO1. The first kappa shape index (κ1) is 23.2. The van der Waals surface area contributed by atoms with E-state index in [0.29, 0.717) is 12.8 Å². The minimum absolute atomic E-state index is 0.0883. The summed E-state index contributed by atoms with van der Waals surface area (Å²) in [7, 11) is 0. The molecule has 0 spiro atoms. The van der Waals surface area contributed by atoms with Gasteiger partial charge < -0.3 is 30.3 Å². The second-order valence-electron chi connectivity index (χ2n) is 8.56. The Hall–Kier alpha value is -2.49. The smallest absolute Gasteiger partial charge is 0.245 e. The van der Waals surface area contributed by atoms with Gasteiger partial charge in [0.05, 0.1) is 31.8 Å². The fourth-order valence-electron chi connectivity index (χ4n) is 3.67. The topological polar surface area (TPSA) is 137 Å². The van der Waals surface area contributed by atoms with E-state index in [9.17, 15) is 24.6 Å². The molecule has 3 rings (SSSR count). The van der Waals surface area contributed by atoms with Gasteiger partial charge in [0.25, 0.3) is 0 Å². The molecule has 170 valence electrons. The Bertz CT molecular complexity index is 822. The Kier molecular flexibility index (Phi) is 7.30. The highest BCUT2D eigenvalue weighted by Crippen LogP contribution is 2.30. The van der Waals surface area contributed by atoms with Crippen molar-refractivity contribution >= 4 is 17.6 Å². The van der Waals surface area contributed by atoms with Crippen LogP contribution in [-0.2, 0) is 25.5 Å². The normalized spacial score (nSPS) is 23.8. The predicted octanol–water partition coefficient (Wildman–Crippen LogP) is -0.424. The fourth-order valence-corrected chi connectivity index (χ4v) is 3.67. The fraction of sp³-hybridized carbons (Fsp3) is 0.591. The van der Waals surface area contributed by atoms with Crippen molar-refractivity contribution in [3.05, 3.63) is 29.8 Å². The lowest BCUT2D eigenvalue weighted by atomic mass is 9.92. The average molecular weight is 434 g/mol. The number of Topliss-reactive ketones (excluding diaryl/α,β-unsaturated/α-hetero) is 1. The van der Waals surface area contributed by atoms with Crippen molar-refractivity contribution < 1.29 is 34.1 Å². The number of ketones is 1. The number of aliphatic hydroxyl groups excluding tert-OH is 2. The summed E-state index contributed by atoms with van der Waals surface area (Å²) in [5.74, 6) is -1.16. The second kappa shape index (κ2) is 9.76. The van der Waals surface area contributed by atoms with Crippen LogP contribution in [0.3, 0.4) is 0 Å². The van der Waals surface area contributed by atoms with Crippen molar-refractivity contribution in [1.29, 1.82) is 0 Å². The molecule has 1 fully saturated rings. The van der Waals surface area contributed by atoms with Crippen LogP contribution in [-0.4, -0.2) is 71.9 Å². The Labute approximate surface area is 181 Å². The van der Waals surface area contributed by atoms with Crippen LogP contribution in [0.2, 0.25) is 0 Å². The van der Waals surface area contributed by atoms with Crippen molar-refractivity contribution in [2.24, 2.45) is 11.8 Å². The van der Waals surface area contributed by atoms with Gasteiger partial charge in [-0.05, 0) is 30.4 Å². The third-order valence-corrected chi connectivity index (χ3v) is 5.60. The summed E-state index contributed by atoms with van der Waals surface area (Å²) in [6.45, 7) is 3.01. The molecule has 0 aromatic heterocycles. The van der Waals surface area contributed by atoms with Crippen molar-refractivity contribution in [2.45, 2.75) is 44.4 Å². The molecule has 2 amide bonds. The number of rotatable bonds is 10. The molecule has 2 heterocycles. The second-order valence-corrected chi connectivity index (χ2v) is 8.56. The minimum Gasteiger partial charge on any atom is -0.492 e. The van der Waals surface area contributed by atoms with Crippen LogP contribution in [0.4, 0.5) is 0 Å². The van der Waals surface area contributed by atoms with Gasteiger partial charge in [0.2, 0.25) is 11.8 Å². The molecule has 31 heavy (non-hydrogen) atoms. The van der Waals surface area contributed by atoms with Crippen LogP contribution in [0.1, 0.15) is 25.8 Å². The van der Waals surface area contributed by atoms with E-state index in [-0.39, 0.29) is 19.1 Å². The Morgan fingerprint density at radius 1 is 1.16 bits per heavy atom. The first-order valence-corrected chi connectivity index (χ1v) is 10.5. The van der Waals surface area contributed by atoms with Gasteiger partial charge in [-0.25, -0.2) is 0 Å². The molecule has 2 unspecified atom stereocenters. The molecule has 1 aromatic rings. The van der Waals surface area contributed by atoms with Gasteiger partial charge in [-0.1, -0.05) is 32.0 Å². The molecule has 4 N–H and O–H groups in total. The van der Waals surface area contributed by atoms with Gasteiger partial charge in [-0.3, -0.25) is 14.4 Å². The molecule has 1 aromatic carbocycles. The monoisotopic (exact) mass is 434 g/mol. The molecular weight excluding hydrogens is 404 g/mol. The maximum atomic E-state index is 12.8. The lowest BCUT2D eigenvalue weighted by molar-refractivity contribution is -0.135. The molecule has 0 aliphatic carbocycles. The Morgan fingerprint density at radius 3 is 2.48 bits per heavy atom. The summed E-state index contributed by atoms with van der Waals surface area (Å²) >= 11 is 0. The third-order valence-electron chi connectivity index (χ3n) is 5.60. The van der Waals surface area contributed by atoms with Crippen LogP contribution in [0, 0.1) is 11.8 Å². The molecule has 1 saturated heterocycles. The van der Waals surface area contributed by atoms with Gasteiger partial charge >= 0.3 is 0 Å². The number of nitrogens with one attached hydrogen (secondary N) is 2.